The molecule has 3 rings (SSSR count). The first-order valence-electron chi connectivity index (χ1n) is 31.7. The fraction of sp³-hybridized carbons (Fsp3) is 0.641. The van der Waals surface area contributed by atoms with Crippen molar-refractivity contribution < 1.29 is 136 Å². The van der Waals surface area contributed by atoms with Crippen LogP contribution in [-0.4, -0.2) is 249 Å². The molecule has 0 saturated carbocycles. The maximum absolute atomic E-state index is 14.1. The lowest BCUT2D eigenvalue weighted by Gasteiger charge is -2.25. The summed E-state index contributed by atoms with van der Waals surface area (Å²) in [4.78, 5) is 113. The van der Waals surface area contributed by atoms with Gasteiger partial charge in [-0.3, -0.25) is 38.4 Å². The van der Waals surface area contributed by atoms with Crippen LogP contribution in [-0.2, 0) is 111 Å². The van der Waals surface area contributed by atoms with Gasteiger partial charge in [-0.1, -0.05) is 6.07 Å². The summed E-state index contributed by atoms with van der Waals surface area (Å²) in [5.41, 5.74) is -1.78. The number of halogens is 5. The Morgan fingerprint density at radius 2 is 0.827 bits per heavy atom. The standard InChI is InChI=1S/C64H92F5N5O24/c1-63(2,3)97-54(81)14-10-47(62(83)98-64(4,5)6)73-48(75)15-17-84-19-21-86-23-25-88-27-29-90-31-33-92-35-37-94-39-40-95-38-36-93-34-32-91-30-28-89-26-24-87-22-20-85-18-16-70-49(76)42-71-50(77)43-72-61(82)46-41-45(74-51(78)11-12-52(74)79)9-7-44(46)8-13-53(80)96-60-58(68)56(66)55(65)57(67)59(60)69/h7,9,11-12,41,47H,8,10,13-40,42-43H2,1-6H3,(H,70,76)(H,71,77)(H,72,82)(H,73,75)/t47-/m0/s1. The summed E-state index contributed by atoms with van der Waals surface area (Å²) in [6, 6.07) is 2.55. The molecule has 0 saturated heterocycles. The fourth-order valence-corrected chi connectivity index (χ4v) is 7.91. The molecule has 0 spiro atoms. The van der Waals surface area contributed by atoms with Crippen molar-refractivity contribution in [2.24, 2.45) is 0 Å². The number of imide groups is 1. The van der Waals surface area contributed by atoms with Crippen LogP contribution < -0.4 is 30.9 Å². The highest BCUT2D eigenvalue weighted by molar-refractivity contribution is 6.28. The normalized spacial score (nSPS) is 12.6. The van der Waals surface area contributed by atoms with Gasteiger partial charge in [-0.25, -0.2) is 22.9 Å². The predicted octanol–water partition coefficient (Wildman–Crippen LogP) is 2.85. The van der Waals surface area contributed by atoms with Gasteiger partial charge in [-0.2, -0.15) is 8.78 Å². The quantitative estimate of drug-likeness (QED) is 0.0141. The molecule has 98 heavy (non-hydrogen) atoms. The second-order valence-corrected chi connectivity index (χ2v) is 22.7. The number of hydrogen-bond donors (Lipinski definition) is 4. The average molecular weight is 1410 g/mol. The van der Waals surface area contributed by atoms with Gasteiger partial charge >= 0.3 is 17.9 Å². The Bertz CT molecular complexity index is 2800. The minimum Gasteiger partial charge on any atom is -0.460 e. The molecule has 0 fully saturated rings. The lowest BCUT2D eigenvalue weighted by atomic mass is 10.0. The van der Waals surface area contributed by atoms with Gasteiger partial charge in [0.25, 0.3) is 17.7 Å². The molecule has 4 N–H and O–H groups in total. The van der Waals surface area contributed by atoms with Gasteiger partial charge in [0.05, 0.1) is 184 Å². The van der Waals surface area contributed by atoms with E-state index in [1.807, 2.05) is 0 Å². The molecule has 1 aliphatic heterocycles. The average Bonchev–Trinajstić information content (AvgIpc) is 1.21. The Morgan fingerprint density at radius 3 is 1.26 bits per heavy atom. The second kappa shape index (κ2) is 48.5. The van der Waals surface area contributed by atoms with Crippen LogP contribution in [0.15, 0.2) is 30.4 Å². The first-order valence-corrected chi connectivity index (χ1v) is 31.7. The zero-order valence-corrected chi connectivity index (χ0v) is 56.2. The summed E-state index contributed by atoms with van der Waals surface area (Å²) >= 11 is 0. The molecule has 1 aliphatic rings. The summed E-state index contributed by atoms with van der Waals surface area (Å²) in [6.45, 7) is 17.4. The highest BCUT2D eigenvalue weighted by Crippen LogP contribution is 2.30. The van der Waals surface area contributed by atoms with Gasteiger partial charge in [-0.15, -0.1) is 0 Å². The molecule has 2 aromatic carbocycles. The van der Waals surface area contributed by atoms with Crippen molar-refractivity contribution in [2.75, 3.05) is 183 Å². The summed E-state index contributed by atoms with van der Waals surface area (Å²) in [5, 5.41) is 9.78. The van der Waals surface area contributed by atoms with Crippen molar-refractivity contribution in [1.29, 1.82) is 0 Å². The van der Waals surface area contributed by atoms with Gasteiger partial charge in [0.2, 0.25) is 52.6 Å². The largest absolute Gasteiger partial charge is 0.460 e. The number of hydrogen-bond acceptors (Lipinski definition) is 24. The van der Waals surface area contributed by atoms with Crippen molar-refractivity contribution in [1.82, 2.24) is 21.3 Å². The highest BCUT2D eigenvalue weighted by atomic mass is 19.2. The van der Waals surface area contributed by atoms with E-state index in [0.29, 0.717) is 126 Å². The van der Waals surface area contributed by atoms with Crippen LogP contribution >= 0.6 is 0 Å². The van der Waals surface area contributed by atoms with Crippen LogP contribution in [0.2, 0.25) is 0 Å². The monoisotopic (exact) mass is 1410 g/mol. The molecule has 2 aromatic rings. The summed E-state index contributed by atoms with van der Waals surface area (Å²) in [7, 11) is 0. The summed E-state index contributed by atoms with van der Waals surface area (Å²) < 4.78 is 150. The van der Waals surface area contributed by atoms with E-state index < -0.39 is 131 Å². The molecule has 552 valence electrons. The minimum atomic E-state index is -2.46. The minimum absolute atomic E-state index is 0.00310. The van der Waals surface area contributed by atoms with Crippen LogP contribution in [0.1, 0.15) is 83.1 Å². The van der Waals surface area contributed by atoms with Gasteiger partial charge in [0, 0.05) is 37.1 Å². The number of amides is 6. The van der Waals surface area contributed by atoms with Gasteiger partial charge < -0.3 is 92.3 Å². The van der Waals surface area contributed by atoms with Crippen molar-refractivity contribution in [2.45, 2.75) is 90.9 Å². The Labute approximate surface area is 565 Å². The van der Waals surface area contributed by atoms with Crippen molar-refractivity contribution in [3.8, 4) is 5.75 Å². The van der Waals surface area contributed by atoms with E-state index in [0.717, 1.165) is 23.1 Å². The third-order valence-electron chi connectivity index (χ3n) is 12.5. The number of benzene rings is 2. The maximum atomic E-state index is 14.1. The third kappa shape index (κ3) is 37.7. The van der Waals surface area contributed by atoms with Crippen molar-refractivity contribution >= 4 is 59.0 Å². The molecule has 34 heteroatoms. The second-order valence-electron chi connectivity index (χ2n) is 22.7. The Kier molecular flexibility index (Phi) is 42.1. The first-order chi connectivity index (χ1) is 46.8. The molecule has 1 heterocycles. The van der Waals surface area contributed by atoms with Crippen LogP contribution in [0.4, 0.5) is 27.6 Å². The van der Waals surface area contributed by atoms with E-state index in [1.54, 1.807) is 41.5 Å². The predicted molar refractivity (Wildman–Crippen MR) is 334 cm³/mol. The molecular weight excluding hydrogens is 1320 g/mol. The number of ether oxygens (including phenoxy) is 15. The molecule has 0 aliphatic carbocycles. The zero-order chi connectivity index (χ0) is 72.1. The molecular formula is C64H92F5N5O24. The van der Waals surface area contributed by atoms with E-state index >= 15 is 0 Å². The van der Waals surface area contributed by atoms with E-state index in [9.17, 15) is 65.1 Å². The molecule has 0 aromatic heterocycles. The highest BCUT2D eigenvalue weighted by Gasteiger charge is 2.31. The lowest BCUT2D eigenvalue weighted by molar-refractivity contribution is -0.160. The van der Waals surface area contributed by atoms with E-state index in [2.05, 4.69) is 26.0 Å². The van der Waals surface area contributed by atoms with Crippen molar-refractivity contribution in [3.05, 3.63) is 70.6 Å². The molecule has 1 atom stereocenters. The topological polar surface area (TPSA) is 343 Å². The Hall–Kier alpha value is -7.22. The molecule has 0 radical (unpaired) electrons. The summed E-state index contributed by atoms with van der Waals surface area (Å²) in [6.07, 6.45) is 0.727. The number of esters is 3. The molecule has 0 bridgehead atoms. The van der Waals surface area contributed by atoms with Gasteiger partial charge in [-0.05, 0) is 72.1 Å². The number of rotatable bonds is 54. The SMILES string of the molecule is CC(C)(C)OC(=O)CC[C@H](NC(=O)CCOCCOCCOCCOCCOCCOCCOCCOCCOCCOCCOCCOCCNC(=O)CNC(=O)CNC(=O)c1cc(N2C(=O)C=CC2=O)ccc1CCC(=O)Oc1c(F)c(F)c(F)c(F)c1F)C(=O)OC(C)(C)C. The number of nitrogens with zero attached hydrogens (tertiary/aromatic N) is 1. The van der Waals surface area contributed by atoms with Crippen LogP contribution in [0, 0.1) is 29.1 Å². The third-order valence-corrected chi connectivity index (χ3v) is 12.5. The van der Waals surface area contributed by atoms with Crippen LogP contribution in [0.5, 0.6) is 5.75 Å². The smallest absolute Gasteiger partial charge is 0.329 e. The first kappa shape index (κ1) is 85.0. The number of carbonyl (C=O) groups is 9. The molecule has 6 amide bonds. The summed E-state index contributed by atoms with van der Waals surface area (Å²) in [5.74, 6) is -20.6. The number of nitrogens with one attached hydrogen (secondary N) is 4. The lowest BCUT2D eigenvalue weighted by Crippen LogP contribution is -2.44. The maximum Gasteiger partial charge on any atom is 0.329 e. The van der Waals surface area contributed by atoms with Gasteiger partial charge in [0.15, 0.2) is 0 Å². The van der Waals surface area contributed by atoms with Crippen LogP contribution in [0.3, 0.4) is 0 Å². The molecule has 29 nitrogen and oxygen atoms in total. The van der Waals surface area contributed by atoms with Gasteiger partial charge in [0.1, 0.15) is 17.2 Å². The van der Waals surface area contributed by atoms with Crippen LogP contribution in [0.25, 0.3) is 0 Å². The van der Waals surface area contributed by atoms with Crippen molar-refractivity contribution in [3.63, 3.8) is 0 Å². The fourth-order valence-electron chi connectivity index (χ4n) is 7.91. The Balaban J connectivity index is 1.04. The number of anilines is 1. The number of carbonyl (C=O) groups excluding carboxylic acids is 9. The Morgan fingerprint density at radius 1 is 0.439 bits per heavy atom. The zero-order valence-electron chi connectivity index (χ0n) is 56.2. The number of aryl methyl sites for hydroxylation is 1. The van der Waals surface area contributed by atoms with E-state index in [-0.39, 0.29) is 75.7 Å². The van der Waals surface area contributed by atoms with E-state index in [4.69, 9.17) is 66.3 Å². The molecule has 0 unspecified atom stereocenters. The van der Waals surface area contributed by atoms with E-state index in [1.165, 1.54) is 12.1 Å².